The van der Waals surface area contributed by atoms with Crippen LogP contribution in [0.15, 0.2) is 217 Å². The van der Waals surface area contributed by atoms with E-state index in [4.69, 9.17) is 4.42 Å². The molecule has 11 rings (SSSR count). The average Bonchev–Trinajstić information content (AvgIpc) is 3.86. The highest BCUT2D eigenvalue weighted by Crippen LogP contribution is 2.49. The molecule has 0 amide bonds. The van der Waals surface area contributed by atoms with Gasteiger partial charge in [-0.25, -0.2) is 0 Å². The Labute approximate surface area is 335 Å². The van der Waals surface area contributed by atoms with Crippen LogP contribution in [-0.4, -0.2) is 0 Å². The Hall–Kier alpha value is -7.20. The monoisotopic (exact) mass is 745 g/mol. The highest BCUT2D eigenvalue weighted by molar-refractivity contribution is 7.25. The van der Waals surface area contributed by atoms with Crippen LogP contribution in [0.4, 0.5) is 17.1 Å². The summed E-state index contributed by atoms with van der Waals surface area (Å²) in [5.74, 6) is 0. The van der Waals surface area contributed by atoms with Crippen molar-refractivity contribution < 1.29 is 4.42 Å². The number of hydrogen-bond donors (Lipinski definition) is 0. The molecule has 2 nitrogen and oxygen atoms in total. The molecule has 0 bridgehead atoms. The zero-order chi connectivity index (χ0) is 37.7. The Morgan fingerprint density at radius 2 is 0.912 bits per heavy atom. The number of furan rings is 1. The molecule has 2 heterocycles. The van der Waals surface area contributed by atoms with Crippen molar-refractivity contribution in [2.24, 2.45) is 0 Å². The lowest BCUT2D eigenvalue weighted by Crippen LogP contribution is -2.12. The molecule has 0 N–H and O–H groups in total. The number of fused-ring (bicyclic) bond motifs is 6. The summed E-state index contributed by atoms with van der Waals surface area (Å²) in [6, 6.07) is 76.5. The van der Waals surface area contributed by atoms with Crippen molar-refractivity contribution in [3.8, 4) is 44.5 Å². The molecule has 268 valence electrons. The van der Waals surface area contributed by atoms with Crippen LogP contribution >= 0.6 is 11.3 Å². The summed E-state index contributed by atoms with van der Waals surface area (Å²) in [7, 11) is 0. The smallest absolute Gasteiger partial charge is 0.135 e. The van der Waals surface area contributed by atoms with E-state index in [-0.39, 0.29) is 0 Å². The minimum Gasteiger partial charge on any atom is -0.456 e. The third-order valence-electron chi connectivity index (χ3n) is 11.1. The summed E-state index contributed by atoms with van der Waals surface area (Å²) in [5, 5.41) is 4.81. The highest BCUT2D eigenvalue weighted by atomic mass is 32.1. The van der Waals surface area contributed by atoms with E-state index in [1.165, 1.54) is 64.7 Å². The van der Waals surface area contributed by atoms with Gasteiger partial charge in [-0.1, -0.05) is 158 Å². The van der Waals surface area contributed by atoms with Crippen LogP contribution in [0.5, 0.6) is 0 Å². The van der Waals surface area contributed by atoms with Gasteiger partial charge in [0.05, 0.1) is 5.69 Å². The normalized spacial score (nSPS) is 11.5. The van der Waals surface area contributed by atoms with Crippen molar-refractivity contribution in [2.75, 3.05) is 4.90 Å². The predicted molar refractivity (Wildman–Crippen MR) is 243 cm³/mol. The van der Waals surface area contributed by atoms with Crippen LogP contribution < -0.4 is 4.90 Å². The fourth-order valence-corrected chi connectivity index (χ4v) is 9.66. The number of anilines is 3. The number of para-hydroxylation sites is 1. The number of rotatable bonds is 7. The lowest BCUT2D eigenvalue weighted by molar-refractivity contribution is 0.669. The van der Waals surface area contributed by atoms with Crippen molar-refractivity contribution in [3.63, 3.8) is 0 Å². The van der Waals surface area contributed by atoms with E-state index < -0.39 is 0 Å². The zero-order valence-electron chi connectivity index (χ0n) is 31.0. The van der Waals surface area contributed by atoms with E-state index in [0.29, 0.717) is 0 Å². The van der Waals surface area contributed by atoms with Gasteiger partial charge in [0.1, 0.15) is 11.2 Å². The minimum atomic E-state index is 0.874. The average molecular weight is 746 g/mol. The first kappa shape index (κ1) is 33.2. The van der Waals surface area contributed by atoms with Crippen LogP contribution in [0.2, 0.25) is 0 Å². The molecule has 0 fully saturated rings. The molecule has 9 aromatic carbocycles. The quantitative estimate of drug-likeness (QED) is 0.162. The first-order chi connectivity index (χ1) is 28.3. The molecule has 0 saturated carbocycles. The molecule has 2 aromatic heterocycles. The van der Waals surface area contributed by atoms with Gasteiger partial charge in [-0.05, 0) is 93.5 Å². The van der Waals surface area contributed by atoms with Crippen LogP contribution in [0, 0.1) is 0 Å². The van der Waals surface area contributed by atoms with Crippen molar-refractivity contribution >= 4 is 70.5 Å². The Bertz CT molecular complexity index is 3230. The summed E-state index contributed by atoms with van der Waals surface area (Å²) >= 11 is 1.86. The van der Waals surface area contributed by atoms with Crippen LogP contribution in [0.25, 0.3) is 86.6 Å². The maximum Gasteiger partial charge on any atom is 0.135 e. The Kier molecular flexibility index (Phi) is 8.04. The van der Waals surface area contributed by atoms with E-state index >= 15 is 0 Å². The topological polar surface area (TPSA) is 16.4 Å². The lowest BCUT2D eigenvalue weighted by atomic mass is 9.87. The lowest BCUT2D eigenvalue weighted by Gasteiger charge is -2.30. The van der Waals surface area contributed by atoms with Crippen molar-refractivity contribution in [1.82, 2.24) is 0 Å². The standard InChI is InChI=1S/C54H35NOS/c1-3-15-36(16-4-1)41-19-7-8-21-45(41)53-42(37-17-5-2-6-18-37)23-13-25-48(53)55(40-33-34-50-47(35-40)44-20-9-11-26-49(44)56-50)39-31-29-38(30-32-39)43-24-14-28-52-54(43)46-22-10-12-27-51(46)57-52/h1-35H. The molecular formula is C54H35NOS. The van der Waals surface area contributed by atoms with Gasteiger partial charge >= 0.3 is 0 Å². The van der Waals surface area contributed by atoms with Gasteiger partial charge in [0.25, 0.3) is 0 Å². The molecule has 11 aromatic rings. The van der Waals surface area contributed by atoms with Crippen LogP contribution in [0.3, 0.4) is 0 Å². The van der Waals surface area contributed by atoms with Crippen molar-refractivity contribution in [3.05, 3.63) is 212 Å². The summed E-state index contributed by atoms with van der Waals surface area (Å²) in [4.78, 5) is 2.43. The first-order valence-corrected chi connectivity index (χ1v) is 20.2. The molecule has 0 aliphatic heterocycles. The molecule has 0 unspecified atom stereocenters. The molecule has 0 saturated heterocycles. The SMILES string of the molecule is c1ccc(-c2ccccc2-c2c(-c3ccccc3)cccc2N(c2ccc(-c3cccc4sc5ccccc5c34)cc2)c2ccc3oc4ccccc4c3c2)cc1. The first-order valence-electron chi connectivity index (χ1n) is 19.3. The fraction of sp³-hybridized carbons (Fsp3) is 0. The molecular weight excluding hydrogens is 711 g/mol. The third kappa shape index (κ3) is 5.71. The molecule has 0 spiro atoms. The third-order valence-corrected chi connectivity index (χ3v) is 12.2. The van der Waals surface area contributed by atoms with Gasteiger partial charge in [0.15, 0.2) is 0 Å². The van der Waals surface area contributed by atoms with Gasteiger partial charge < -0.3 is 9.32 Å². The Morgan fingerprint density at radius 1 is 0.351 bits per heavy atom. The summed E-state index contributed by atoms with van der Waals surface area (Å²) in [6.45, 7) is 0. The van der Waals surface area contributed by atoms with Crippen LogP contribution in [0.1, 0.15) is 0 Å². The van der Waals surface area contributed by atoms with Gasteiger partial charge in [-0.2, -0.15) is 0 Å². The maximum atomic E-state index is 6.34. The van der Waals surface area contributed by atoms with E-state index in [9.17, 15) is 0 Å². The molecule has 0 atom stereocenters. The second-order valence-electron chi connectivity index (χ2n) is 14.4. The Balaban J connectivity index is 1.17. The van der Waals surface area contributed by atoms with Gasteiger partial charge in [-0.15, -0.1) is 11.3 Å². The van der Waals surface area contributed by atoms with Crippen molar-refractivity contribution in [1.29, 1.82) is 0 Å². The minimum absolute atomic E-state index is 0.874. The number of benzene rings is 9. The summed E-state index contributed by atoms with van der Waals surface area (Å²) < 4.78 is 8.96. The van der Waals surface area contributed by atoms with E-state index in [1.807, 2.05) is 23.5 Å². The number of thiophene rings is 1. The van der Waals surface area contributed by atoms with Crippen LogP contribution in [-0.2, 0) is 0 Å². The van der Waals surface area contributed by atoms with E-state index in [1.54, 1.807) is 0 Å². The molecule has 0 radical (unpaired) electrons. The van der Waals surface area contributed by atoms with E-state index in [2.05, 4.69) is 205 Å². The van der Waals surface area contributed by atoms with Crippen molar-refractivity contribution in [2.45, 2.75) is 0 Å². The van der Waals surface area contributed by atoms with Gasteiger partial charge in [0.2, 0.25) is 0 Å². The Morgan fingerprint density at radius 3 is 1.72 bits per heavy atom. The second kappa shape index (κ2) is 13.8. The van der Waals surface area contributed by atoms with E-state index in [0.717, 1.165) is 39.0 Å². The second-order valence-corrected chi connectivity index (χ2v) is 15.5. The predicted octanol–water partition coefficient (Wildman–Crippen LogP) is 16.1. The zero-order valence-corrected chi connectivity index (χ0v) is 31.8. The number of hydrogen-bond acceptors (Lipinski definition) is 3. The molecule has 57 heavy (non-hydrogen) atoms. The maximum absolute atomic E-state index is 6.34. The summed E-state index contributed by atoms with van der Waals surface area (Å²) in [5.41, 5.74) is 14.4. The molecule has 3 heteroatoms. The van der Waals surface area contributed by atoms with Gasteiger partial charge in [0, 0.05) is 47.9 Å². The number of nitrogens with zero attached hydrogens (tertiary/aromatic N) is 1. The molecule has 0 aliphatic rings. The fourth-order valence-electron chi connectivity index (χ4n) is 8.52. The largest absolute Gasteiger partial charge is 0.456 e. The van der Waals surface area contributed by atoms with Gasteiger partial charge in [-0.3, -0.25) is 0 Å². The molecule has 0 aliphatic carbocycles. The highest BCUT2D eigenvalue weighted by Gasteiger charge is 2.24. The summed E-state index contributed by atoms with van der Waals surface area (Å²) in [6.07, 6.45) is 0.